The maximum atomic E-state index is 12.1. The highest BCUT2D eigenvalue weighted by Crippen LogP contribution is 2.23. The van der Waals surface area contributed by atoms with Crippen molar-refractivity contribution in [1.82, 2.24) is 5.32 Å². The van der Waals surface area contributed by atoms with E-state index in [2.05, 4.69) is 10.6 Å². The topological polar surface area (TPSA) is 74.1 Å². The van der Waals surface area contributed by atoms with Gasteiger partial charge in [-0.15, -0.1) is 0 Å². The molecule has 24 heavy (non-hydrogen) atoms. The average molecular weight is 321 g/mol. The van der Waals surface area contributed by atoms with Crippen molar-refractivity contribution >= 4 is 11.6 Å². The van der Waals surface area contributed by atoms with E-state index >= 15 is 0 Å². The number of para-hydroxylation sites is 2. The van der Waals surface area contributed by atoms with Crippen LogP contribution in [0.15, 0.2) is 66.4 Å². The molecule has 0 heterocycles. The summed E-state index contributed by atoms with van der Waals surface area (Å²) in [6.45, 7) is 0.469. The summed E-state index contributed by atoms with van der Waals surface area (Å²) in [6.07, 6.45) is 2.10. The molecule has 0 radical (unpaired) electrons. The minimum Gasteiger partial charge on any atom is -0.495 e. The fourth-order valence-corrected chi connectivity index (χ4v) is 2.12. The van der Waals surface area contributed by atoms with Crippen LogP contribution in [0, 0.1) is 11.3 Å². The Morgan fingerprint density at radius 2 is 1.88 bits per heavy atom. The lowest BCUT2D eigenvalue weighted by Crippen LogP contribution is -2.27. The number of anilines is 1. The summed E-state index contributed by atoms with van der Waals surface area (Å²) in [5, 5.41) is 14.8. The van der Waals surface area contributed by atoms with E-state index < -0.39 is 5.91 Å². The number of nitriles is 1. The number of carbonyl (C=O) groups is 1. The van der Waals surface area contributed by atoms with Gasteiger partial charge in [0.05, 0.1) is 12.8 Å². The van der Waals surface area contributed by atoms with E-state index in [-0.39, 0.29) is 5.57 Å². The number of rotatable bonds is 7. The molecular formula is C19H19N3O2. The number of ether oxygens (including phenoxy) is 1. The lowest BCUT2D eigenvalue weighted by Gasteiger charge is -2.08. The third kappa shape index (κ3) is 4.89. The van der Waals surface area contributed by atoms with Gasteiger partial charge in [-0.1, -0.05) is 42.5 Å². The monoisotopic (exact) mass is 321 g/mol. The fraction of sp³-hybridized carbons (Fsp3) is 0.158. The zero-order valence-corrected chi connectivity index (χ0v) is 13.5. The van der Waals surface area contributed by atoms with Crippen molar-refractivity contribution in [1.29, 1.82) is 5.26 Å². The highest BCUT2D eigenvalue weighted by molar-refractivity contribution is 5.97. The number of benzene rings is 2. The SMILES string of the molecule is COc1ccccc1N/C=C(/C#N)C(=O)NCCc1ccccc1. The number of methoxy groups -OCH3 is 1. The van der Waals surface area contributed by atoms with E-state index in [1.807, 2.05) is 48.5 Å². The Balaban J connectivity index is 1.92. The normalized spacial score (nSPS) is 10.6. The summed E-state index contributed by atoms with van der Waals surface area (Å²) in [7, 11) is 1.56. The molecule has 122 valence electrons. The van der Waals surface area contributed by atoms with Crippen LogP contribution in [0.25, 0.3) is 0 Å². The molecular weight excluding hydrogens is 302 g/mol. The van der Waals surface area contributed by atoms with Crippen LogP contribution in [0.4, 0.5) is 5.69 Å². The predicted octanol–water partition coefficient (Wildman–Crippen LogP) is 2.87. The van der Waals surface area contributed by atoms with Crippen molar-refractivity contribution in [3.8, 4) is 11.8 Å². The predicted molar refractivity (Wildman–Crippen MR) is 93.5 cm³/mol. The Morgan fingerprint density at radius 1 is 1.17 bits per heavy atom. The second kappa shape index (κ2) is 9.01. The Labute approximate surface area is 141 Å². The molecule has 0 spiro atoms. The van der Waals surface area contributed by atoms with Crippen molar-refractivity contribution in [2.75, 3.05) is 19.0 Å². The van der Waals surface area contributed by atoms with Gasteiger partial charge in [0.25, 0.3) is 5.91 Å². The molecule has 2 aromatic rings. The molecule has 0 saturated heterocycles. The average Bonchev–Trinajstić information content (AvgIpc) is 2.63. The summed E-state index contributed by atoms with van der Waals surface area (Å²) < 4.78 is 5.21. The molecule has 0 unspecified atom stereocenters. The van der Waals surface area contributed by atoms with Crippen LogP contribution in [0.2, 0.25) is 0 Å². The van der Waals surface area contributed by atoms with E-state index in [9.17, 15) is 4.79 Å². The number of hydrogen-bond donors (Lipinski definition) is 2. The summed E-state index contributed by atoms with van der Waals surface area (Å²) in [6, 6.07) is 19.0. The quantitative estimate of drug-likeness (QED) is 0.607. The third-order valence-electron chi connectivity index (χ3n) is 3.39. The zero-order valence-electron chi connectivity index (χ0n) is 13.5. The molecule has 0 aliphatic carbocycles. The number of hydrogen-bond acceptors (Lipinski definition) is 4. The number of nitrogens with zero attached hydrogens (tertiary/aromatic N) is 1. The van der Waals surface area contributed by atoms with Crippen molar-refractivity contribution in [3.05, 3.63) is 71.9 Å². The molecule has 0 aliphatic heterocycles. The lowest BCUT2D eigenvalue weighted by atomic mass is 10.1. The minimum atomic E-state index is -0.407. The van der Waals surface area contributed by atoms with Gasteiger partial charge in [0, 0.05) is 12.7 Å². The second-order valence-corrected chi connectivity index (χ2v) is 5.01. The van der Waals surface area contributed by atoms with Crippen LogP contribution < -0.4 is 15.4 Å². The molecule has 0 saturated carbocycles. The largest absolute Gasteiger partial charge is 0.495 e. The van der Waals surface area contributed by atoms with Gasteiger partial charge in [0.15, 0.2) is 0 Å². The minimum absolute atomic E-state index is 0.00830. The maximum absolute atomic E-state index is 12.1. The first-order valence-electron chi connectivity index (χ1n) is 7.56. The Hall–Kier alpha value is -3.26. The van der Waals surface area contributed by atoms with Crippen molar-refractivity contribution in [3.63, 3.8) is 0 Å². The molecule has 2 aromatic carbocycles. The second-order valence-electron chi connectivity index (χ2n) is 5.01. The van der Waals surface area contributed by atoms with Gasteiger partial charge in [-0.25, -0.2) is 0 Å². The molecule has 0 aliphatic rings. The van der Waals surface area contributed by atoms with E-state index in [0.29, 0.717) is 24.4 Å². The van der Waals surface area contributed by atoms with Crippen LogP contribution in [-0.4, -0.2) is 19.6 Å². The molecule has 1 amide bonds. The van der Waals surface area contributed by atoms with Crippen LogP contribution in [0.5, 0.6) is 5.75 Å². The summed E-state index contributed by atoms with van der Waals surface area (Å²) in [5.74, 6) is 0.228. The summed E-state index contributed by atoms with van der Waals surface area (Å²) in [4.78, 5) is 12.1. The maximum Gasteiger partial charge on any atom is 0.263 e. The van der Waals surface area contributed by atoms with E-state index in [4.69, 9.17) is 10.00 Å². The molecule has 0 bridgehead atoms. The number of nitrogens with one attached hydrogen (secondary N) is 2. The first-order chi connectivity index (χ1) is 11.7. The van der Waals surface area contributed by atoms with Crippen LogP contribution in [0.1, 0.15) is 5.56 Å². The van der Waals surface area contributed by atoms with Gasteiger partial charge >= 0.3 is 0 Å². The van der Waals surface area contributed by atoms with Gasteiger partial charge in [-0.3, -0.25) is 4.79 Å². The first kappa shape index (κ1) is 17.1. The van der Waals surface area contributed by atoms with Crippen LogP contribution in [0.3, 0.4) is 0 Å². The van der Waals surface area contributed by atoms with Gasteiger partial charge in [0.1, 0.15) is 17.4 Å². The lowest BCUT2D eigenvalue weighted by molar-refractivity contribution is -0.117. The van der Waals surface area contributed by atoms with Crippen LogP contribution in [-0.2, 0) is 11.2 Å². The standard InChI is InChI=1S/C19H19N3O2/c1-24-18-10-6-5-9-17(18)22-14-16(13-20)19(23)21-12-11-15-7-3-2-4-8-15/h2-10,14,22H,11-12H2,1H3,(H,21,23)/b16-14-. The van der Waals surface area contributed by atoms with Gasteiger partial charge in [-0.2, -0.15) is 5.26 Å². The Bertz CT molecular complexity index is 749. The molecule has 5 heteroatoms. The highest BCUT2D eigenvalue weighted by Gasteiger charge is 2.08. The number of amides is 1. The van der Waals surface area contributed by atoms with Gasteiger partial charge < -0.3 is 15.4 Å². The first-order valence-corrected chi connectivity index (χ1v) is 7.56. The molecule has 5 nitrogen and oxygen atoms in total. The number of carbonyl (C=O) groups excluding carboxylic acids is 1. The van der Waals surface area contributed by atoms with E-state index in [1.54, 1.807) is 19.2 Å². The molecule has 2 rings (SSSR count). The van der Waals surface area contributed by atoms with Gasteiger partial charge in [0.2, 0.25) is 0 Å². The van der Waals surface area contributed by atoms with Crippen LogP contribution >= 0.6 is 0 Å². The summed E-state index contributed by atoms with van der Waals surface area (Å²) >= 11 is 0. The zero-order chi connectivity index (χ0) is 17.2. The molecule has 0 aromatic heterocycles. The van der Waals surface area contributed by atoms with E-state index in [1.165, 1.54) is 6.20 Å². The van der Waals surface area contributed by atoms with Crippen molar-refractivity contribution < 1.29 is 9.53 Å². The van der Waals surface area contributed by atoms with Crippen molar-refractivity contribution in [2.45, 2.75) is 6.42 Å². The van der Waals surface area contributed by atoms with E-state index in [0.717, 1.165) is 5.56 Å². The Kier molecular flexibility index (Phi) is 6.42. The Morgan fingerprint density at radius 3 is 2.58 bits per heavy atom. The third-order valence-corrected chi connectivity index (χ3v) is 3.39. The fourth-order valence-electron chi connectivity index (χ4n) is 2.12. The molecule has 0 atom stereocenters. The smallest absolute Gasteiger partial charge is 0.263 e. The molecule has 0 fully saturated rings. The molecule has 2 N–H and O–H groups in total. The highest BCUT2D eigenvalue weighted by atomic mass is 16.5. The summed E-state index contributed by atoms with van der Waals surface area (Å²) in [5.41, 5.74) is 1.83. The van der Waals surface area contributed by atoms with Crippen molar-refractivity contribution in [2.24, 2.45) is 0 Å². The van der Waals surface area contributed by atoms with Gasteiger partial charge in [-0.05, 0) is 24.1 Å².